The molecule has 0 aliphatic carbocycles. The van der Waals surface area contributed by atoms with Crippen molar-refractivity contribution in [2.24, 2.45) is 0 Å². The summed E-state index contributed by atoms with van der Waals surface area (Å²) in [5.74, 6) is 0.123. The molecule has 2 N–H and O–H groups in total. The number of rotatable bonds is 9. The predicted molar refractivity (Wildman–Crippen MR) is 118 cm³/mol. The van der Waals surface area contributed by atoms with Crippen LogP contribution < -0.4 is 20.1 Å². The molecule has 2 aromatic carbocycles. The van der Waals surface area contributed by atoms with Gasteiger partial charge in [-0.3, -0.25) is 9.59 Å². The van der Waals surface area contributed by atoms with Gasteiger partial charge in [-0.15, -0.1) is 11.3 Å². The van der Waals surface area contributed by atoms with E-state index in [0.717, 1.165) is 5.56 Å². The van der Waals surface area contributed by atoms with Crippen LogP contribution in [0.2, 0.25) is 0 Å². The van der Waals surface area contributed by atoms with Crippen molar-refractivity contribution in [1.82, 2.24) is 10.6 Å². The van der Waals surface area contributed by atoms with Crippen molar-refractivity contribution in [2.75, 3.05) is 20.3 Å². The van der Waals surface area contributed by atoms with E-state index >= 15 is 0 Å². The number of ether oxygens (including phenoxy) is 2. The van der Waals surface area contributed by atoms with Crippen molar-refractivity contribution in [3.05, 3.63) is 70.9 Å². The first-order chi connectivity index (χ1) is 15.0. The van der Waals surface area contributed by atoms with Gasteiger partial charge in [0.2, 0.25) is 0 Å². The Hall–Kier alpha value is -3.39. The van der Waals surface area contributed by atoms with E-state index in [9.17, 15) is 14.0 Å². The van der Waals surface area contributed by atoms with Crippen LogP contribution in [0.1, 0.15) is 22.2 Å². The van der Waals surface area contributed by atoms with Crippen LogP contribution in [-0.4, -0.2) is 32.1 Å². The lowest BCUT2D eigenvalue weighted by molar-refractivity contribution is -0.123. The second kappa shape index (κ2) is 10.6. The quantitative estimate of drug-likeness (QED) is 0.525. The normalized spacial score (nSPS) is 10.4. The molecule has 31 heavy (non-hydrogen) atoms. The van der Waals surface area contributed by atoms with Crippen molar-refractivity contribution in [1.29, 1.82) is 0 Å². The number of thiophene rings is 1. The van der Waals surface area contributed by atoms with E-state index in [1.54, 1.807) is 48.5 Å². The van der Waals surface area contributed by atoms with Crippen molar-refractivity contribution in [3.63, 3.8) is 0 Å². The maximum Gasteiger partial charge on any atom is 0.261 e. The van der Waals surface area contributed by atoms with Crippen molar-refractivity contribution >= 4 is 23.2 Å². The number of benzene rings is 2. The molecule has 3 rings (SSSR count). The molecule has 0 saturated heterocycles. The third-order valence-electron chi connectivity index (χ3n) is 4.38. The summed E-state index contributed by atoms with van der Waals surface area (Å²) >= 11 is 1.23. The van der Waals surface area contributed by atoms with Crippen LogP contribution in [0, 0.1) is 5.82 Å². The van der Waals surface area contributed by atoms with Crippen LogP contribution in [0.5, 0.6) is 11.5 Å². The first kappa shape index (κ1) is 22.3. The summed E-state index contributed by atoms with van der Waals surface area (Å²) in [6.07, 6.45) is 0. The molecule has 0 aliphatic rings. The van der Waals surface area contributed by atoms with E-state index in [4.69, 9.17) is 9.47 Å². The van der Waals surface area contributed by atoms with E-state index in [1.807, 2.05) is 6.92 Å². The highest BCUT2D eigenvalue weighted by Crippen LogP contribution is 2.30. The third kappa shape index (κ3) is 5.82. The van der Waals surface area contributed by atoms with Crippen LogP contribution in [0.25, 0.3) is 10.4 Å². The van der Waals surface area contributed by atoms with Gasteiger partial charge >= 0.3 is 0 Å². The number of hydrogen-bond donors (Lipinski definition) is 2. The Morgan fingerprint density at radius 2 is 1.84 bits per heavy atom. The van der Waals surface area contributed by atoms with Crippen LogP contribution in [0.3, 0.4) is 0 Å². The lowest BCUT2D eigenvalue weighted by Crippen LogP contribution is -2.28. The number of halogens is 1. The minimum Gasteiger partial charge on any atom is -0.493 e. The van der Waals surface area contributed by atoms with Crippen molar-refractivity contribution in [3.8, 4) is 21.9 Å². The summed E-state index contributed by atoms with van der Waals surface area (Å²) in [6, 6.07) is 15.1. The number of carbonyl (C=O) groups excluding carboxylic acids is 2. The summed E-state index contributed by atoms with van der Waals surface area (Å²) in [6.45, 7) is 2.53. The molecule has 0 atom stereocenters. The fraction of sp³-hybridized carbons (Fsp3) is 0.217. The first-order valence-electron chi connectivity index (χ1n) is 9.71. The van der Waals surface area contributed by atoms with Gasteiger partial charge in [0, 0.05) is 23.5 Å². The highest BCUT2D eigenvalue weighted by molar-refractivity contribution is 7.17. The Morgan fingerprint density at radius 1 is 1.03 bits per heavy atom. The largest absolute Gasteiger partial charge is 0.493 e. The molecule has 8 heteroatoms. The third-order valence-corrected chi connectivity index (χ3v) is 5.50. The summed E-state index contributed by atoms with van der Waals surface area (Å²) in [5.41, 5.74) is 1.28. The van der Waals surface area contributed by atoms with Gasteiger partial charge in [-0.1, -0.05) is 24.3 Å². The Balaban J connectivity index is 1.61. The molecule has 0 radical (unpaired) electrons. The zero-order chi connectivity index (χ0) is 22.2. The molecule has 162 valence electrons. The highest BCUT2D eigenvalue weighted by Gasteiger charge is 2.13. The Morgan fingerprint density at radius 3 is 2.58 bits per heavy atom. The second-order valence-corrected chi connectivity index (χ2v) is 7.64. The van der Waals surface area contributed by atoms with Crippen LogP contribution in [0.15, 0.2) is 54.6 Å². The fourth-order valence-electron chi connectivity index (χ4n) is 2.87. The lowest BCUT2D eigenvalue weighted by atomic mass is 10.2. The Bertz CT molecular complexity index is 1070. The standard InChI is InChI=1S/C23H23FN2O4S/c1-3-25-22(27)14-30-18-9-8-15(12-19(18)29-2)13-26-23(28)21-11-10-20(31-21)16-6-4-5-7-17(16)24/h4-12H,3,13-14H2,1-2H3,(H,25,27)(H,26,28). The van der Waals surface area contributed by atoms with E-state index in [0.29, 0.717) is 33.4 Å². The van der Waals surface area contributed by atoms with Crippen molar-refractivity contribution < 1.29 is 23.5 Å². The molecule has 2 amide bonds. The Kier molecular flexibility index (Phi) is 7.61. The molecule has 1 heterocycles. The number of hydrogen-bond acceptors (Lipinski definition) is 5. The maximum absolute atomic E-state index is 14.0. The van der Waals surface area contributed by atoms with Gasteiger partial charge in [-0.05, 0) is 42.8 Å². The van der Waals surface area contributed by atoms with Crippen LogP contribution in [0.4, 0.5) is 4.39 Å². The second-order valence-electron chi connectivity index (χ2n) is 6.55. The average molecular weight is 443 g/mol. The van der Waals surface area contributed by atoms with E-state index < -0.39 is 0 Å². The van der Waals surface area contributed by atoms with Gasteiger partial charge in [0.25, 0.3) is 11.8 Å². The zero-order valence-electron chi connectivity index (χ0n) is 17.2. The monoisotopic (exact) mass is 442 g/mol. The van der Waals surface area contributed by atoms with E-state index in [-0.39, 0.29) is 30.8 Å². The molecular weight excluding hydrogens is 419 g/mol. The number of nitrogens with one attached hydrogen (secondary N) is 2. The number of likely N-dealkylation sites (N-methyl/N-ethyl adjacent to an activating group) is 1. The predicted octanol–water partition coefficient (Wildman–Crippen LogP) is 4.01. The minimum absolute atomic E-state index is 0.108. The maximum atomic E-state index is 14.0. The molecule has 0 aliphatic heterocycles. The van der Waals surface area contributed by atoms with Gasteiger partial charge in [-0.25, -0.2) is 4.39 Å². The Labute approximate surface area is 184 Å². The summed E-state index contributed by atoms with van der Waals surface area (Å²) in [4.78, 5) is 25.3. The van der Waals surface area contributed by atoms with Crippen LogP contribution >= 0.6 is 11.3 Å². The van der Waals surface area contributed by atoms with Crippen LogP contribution in [-0.2, 0) is 11.3 Å². The average Bonchev–Trinajstić information content (AvgIpc) is 3.27. The SMILES string of the molecule is CCNC(=O)COc1ccc(CNC(=O)c2ccc(-c3ccccc3F)s2)cc1OC. The molecular formula is C23H23FN2O4S. The number of methoxy groups -OCH3 is 1. The molecule has 0 fully saturated rings. The number of amides is 2. The van der Waals surface area contributed by atoms with Gasteiger partial charge in [0.15, 0.2) is 18.1 Å². The molecule has 3 aromatic rings. The lowest BCUT2D eigenvalue weighted by Gasteiger charge is -2.12. The molecule has 0 unspecified atom stereocenters. The van der Waals surface area contributed by atoms with Gasteiger partial charge in [0.05, 0.1) is 12.0 Å². The molecule has 6 nitrogen and oxygen atoms in total. The van der Waals surface area contributed by atoms with Gasteiger partial charge in [-0.2, -0.15) is 0 Å². The zero-order valence-corrected chi connectivity index (χ0v) is 18.1. The smallest absolute Gasteiger partial charge is 0.261 e. The van der Waals surface area contributed by atoms with Gasteiger partial charge < -0.3 is 20.1 Å². The highest BCUT2D eigenvalue weighted by atomic mass is 32.1. The van der Waals surface area contributed by atoms with E-state index in [2.05, 4.69) is 10.6 Å². The first-order valence-corrected chi connectivity index (χ1v) is 10.5. The molecule has 1 aromatic heterocycles. The molecule has 0 bridgehead atoms. The van der Waals surface area contributed by atoms with Crippen molar-refractivity contribution in [2.45, 2.75) is 13.5 Å². The summed E-state index contributed by atoms with van der Waals surface area (Å²) < 4.78 is 24.8. The fourth-order valence-corrected chi connectivity index (χ4v) is 3.82. The minimum atomic E-state index is -0.321. The topological polar surface area (TPSA) is 76.7 Å². The summed E-state index contributed by atoms with van der Waals surface area (Å²) in [5, 5.41) is 5.51. The number of carbonyl (C=O) groups is 2. The molecule has 0 saturated carbocycles. The van der Waals surface area contributed by atoms with E-state index in [1.165, 1.54) is 24.5 Å². The summed E-state index contributed by atoms with van der Waals surface area (Å²) in [7, 11) is 1.51. The van der Waals surface area contributed by atoms with Gasteiger partial charge in [0.1, 0.15) is 5.82 Å². The molecule has 0 spiro atoms.